The molecule has 0 atom stereocenters. The fourth-order valence-electron chi connectivity index (χ4n) is 2.29. The molecule has 0 aliphatic carbocycles. The lowest BCUT2D eigenvalue weighted by Gasteiger charge is -2.11. The number of amides is 1. The Morgan fingerprint density at radius 2 is 1.93 bits per heavy atom. The molecule has 3 N–H and O–H groups in total. The molecule has 0 radical (unpaired) electrons. The number of guanidine groups is 1. The summed E-state index contributed by atoms with van der Waals surface area (Å²) in [7, 11) is 0. The fraction of sp³-hybridized carbons (Fsp3) is 0.389. The molecule has 0 aliphatic rings. The number of aliphatic imine (C=N–C) groups is 1. The van der Waals surface area contributed by atoms with Crippen molar-refractivity contribution in [3.05, 3.63) is 45.9 Å². The van der Waals surface area contributed by atoms with Crippen LogP contribution in [-0.4, -0.2) is 29.9 Å². The summed E-state index contributed by atoms with van der Waals surface area (Å²) >= 11 is 0.939. The molecule has 1 aromatic carbocycles. The summed E-state index contributed by atoms with van der Waals surface area (Å²) in [5.41, 5.74) is 0.927. The topological polar surface area (TPSA) is 78.4 Å². The van der Waals surface area contributed by atoms with Crippen LogP contribution in [0.3, 0.4) is 0 Å². The van der Waals surface area contributed by atoms with Gasteiger partial charge in [0, 0.05) is 31.1 Å². The van der Waals surface area contributed by atoms with Gasteiger partial charge in [-0.25, -0.2) is 9.98 Å². The van der Waals surface area contributed by atoms with Crippen LogP contribution in [0.15, 0.2) is 34.6 Å². The lowest BCUT2D eigenvalue weighted by atomic mass is 10.1. The van der Waals surface area contributed by atoms with Crippen LogP contribution >= 0.6 is 11.3 Å². The van der Waals surface area contributed by atoms with Crippen molar-refractivity contribution in [1.29, 1.82) is 0 Å². The van der Waals surface area contributed by atoms with Gasteiger partial charge in [0.1, 0.15) is 5.01 Å². The second-order valence-electron chi connectivity index (χ2n) is 5.87. The summed E-state index contributed by atoms with van der Waals surface area (Å²) in [4.78, 5) is 18.9. The highest BCUT2D eigenvalue weighted by Crippen LogP contribution is 2.30. The van der Waals surface area contributed by atoms with E-state index in [1.165, 1.54) is 6.92 Å². The molecule has 0 saturated carbocycles. The van der Waals surface area contributed by atoms with Gasteiger partial charge in [0.05, 0.1) is 6.54 Å². The summed E-state index contributed by atoms with van der Waals surface area (Å²) < 4.78 is 37.8. The summed E-state index contributed by atoms with van der Waals surface area (Å²) in [6.07, 6.45) is -3.71. The van der Waals surface area contributed by atoms with Gasteiger partial charge in [0.15, 0.2) is 11.7 Å². The SMILES string of the molecule is CCNC(=NCc1nc(C(F)(F)F)cs1)NCCc1ccc(NC(C)=O)cc1. The first-order valence-corrected chi connectivity index (χ1v) is 9.56. The van der Waals surface area contributed by atoms with Gasteiger partial charge in [0.2, 0.25) is 5.91 Å². The monoisotopic (exact) mass is 413 g/mol. The summed E-state index contributed by atoms with van der Waals surface area (Å²) in [6.45, 7) is 4.65. The number of carbonyl (C=O) groups excluding carboxylic acids is 1. The molecule has 6 nitrogen and oxygen atoms in total. The van der Waals surface area contributed by atoms with E-state index in [2.05, 4.69) is 25.9 Å². The van der Waals surface area contributed by atoms with Gasteiger partial charge < -0.3 is 16.0 Å². The molecular formula is C18H22F3N5OS. The zero-order valence-electron chi connectivity index (χ0n) is 15.6. The molecule has 0 bridgehead atoms. The number of hydrogen-bond donors (Lipinski definition) is 3. The maximum Gasteiger partial charge on any atom is 0.434 e. The van der Waals surface area contributed by atoms with Gasteiger partial charge in [-0.3, -0.25) is 4.79 Å². The third kappa shape index (κ3) is 7.18. The highest BCUT2D eigenvalue weighted by molar-refractivity contribution is 7.09. The first-order valence-electron chi connectivity index (χ1n) is 8.68. The van der Waals surface area contributed by atoms with E-state index in [0.29, 0.717) is 24.1 Å². The quantitative estimate of drug-likeness (QED) is 0.480. The normalized spacial score (nSPS) is 12.0. The van der Waals surface area contributed by atoms with Crippen molar-refractivity contribution < 1.29 is 18.0 Å². The van der Waals surface area contributed by atoms with Crippen LogP contribution in [0.25, 0.3) is 0 Å². The van der Waals surface area contributed by atoms with Gasteiger partial charge in [-0.05, 0) is 31.0 Å². The minimum atomic E-state index is -4.43. The third-order valence-corrected chi connectivity index (χ3v) is 4.37. The Balaban J connectivity index is 1.87. The molecule has 1 heterocycles. The number of anilines is 1. The van der Waals surface area contributed by atoms with E-state index in [4.69, 9.17) is 0 Å². The van der Waals surface area contributed by atoms with Crippen molar-refractivity contribution in [2.75, 3.05) is 18.4 Å². The highest BCUT2D eigenvalue weighted by atomic mass is 32.1. The minimum Gasteiger partial charge on any atom is -0.357 e. The number of thiazole rings is 1. The van der Waals surface area contributed by atoms with Crippen LogP contribution in [-0.2, 0) is 23.9 Å². The van der Waals surface area contributed by atoms with E-state index in [-0.39, 0.29) is 12.5 Å². The molecule has 1 aromatic heterocycles. The molecule has 0 fully saturated rings. The predicted octanol–water partition coefficient (Wildman–Crippen LogP) is 3.42. The van der Waals surface area contributed by atoms with Crippen molar-refractivity contribution in [3.8, 4) is 0 Å². The highest BCUT2D eigenvalue weighted by Gasteiger charge is 2.33. The number of halogens is 3. The second-order valence-corrected chi connectivity index (χ2v) is 6.82. The largest absolute Gasteiger partial charge is 0.434 e. The Hall–Kier alpha value is -2.62. The van der Waals surface area contributed by atoms with Crippen LogP contribution in [0.5, 0.6) is 0 Å². The molecule has 0 unspecified atom stereocenters. The Labute approximate surface area is 165 Å². The number of hydrogen-bond acceptors (Lipinski definition) is 4. The number of benzene rings is 1. The molecule has 2 aromatic rings. The average Bonchev–Trinajstić information content (AvgIpc) is 3.10. The number of carbonyl (C=O) groups is 1. The van der Waals surface area contributed by atoms with E-state index < -0.39 is 11.9 Å². The first kappa shape index (κ1) is 21.7. The average molecular weight is 413 g/mol. The van der Waals surface area contributed by atoms with E-state index in [0.717, 1.165) is 34.4 Å². The van der Waals surface area contributed by atoms with Gasteiger partial charge >= 0.3 is 6.18 Å². The summed E-state index contributed by atoms with van der Waals surface area (Å²) in [6, 6.07) is 7.50. The minimum absolute atomic E-state index is 0.0709. The molecule has 152 valence electrons. The number of rotatable bonds is 7. The lowest BCUT2D eigenvalue weighted by Crippen LogP contribution is -2.38. The molecule has 0 saturated heterocycles. The van der Waals surface area contributed by atoms with Gasteiger partial charge in [-0.2, -0.15) is 13.2 Å². The van der Waals surface area contributed by atoms with Crippen LogP contribution in [0.2, 0.25) is 0 Å². The van der Waals surface area contributed by atoms with E-state index in [1.54, 1.807) is 0 Å². The van der Waals surface area contributed by atoms with Crippen LogP contribution in [0.1, 0.15) is 30.1 Å². The first-order chi connectivity index (χ1) is 13.3. The van der Waals surface area contributed by atoms with E-state index in [1.807, 2.05) is 31.2 Å². The predicted molar refractivity (Wildman–Crippen MR) is 104 cm³/mol. The Morgan fingerprint density at radius 3 is 2.50 bits per heavy atom. The zero-order valence-corrected chi connectivity index (χ0v) is 16.4. The summed E-state index contributed by atoms with van der Waals surface area (Å²) in [5, 5.41) is 10.2. The second kappa shape index (κ2) is 10.1. The van der Waals surface area contributed by atoms with Gasteiger partial charge in [-0.1, -0.05) is 12.1 Å². The lowest BCUT2D eigenvalue weighted by molar-refractivity contribution is -0.140. The molecule has 0 aliphatic heterocycles. The number of nitrogens with one attached hydrogen (secondary N) is 3. The molecular weight excluding hydrogens is 391 g/mol. The Morgan fingerprint density at radius 1 is 1.21 bits per heavy atom. The van der Waals surface area contributed by atoms with Crippen LogP contribution in [0.4, 0.5) is 18.9 Å². The van der Waals surface area contributed by atoms with Gasteiger partial charge in [0.25, 0.3) is 0 Å². The van der Waals surface area contributed by atoms with Crippen molar-refractivity contribution in [3.63, 3.8) is 0 Å². The van der Waals surface area contributed by atoms with Gasteiger partial charge in [-0.15, -0.1) is 11.3 Å². The molecule has 2 rings (SSSR count). The maximum atomic E-state index is 12.6. The standard InChI is InChI=1S/C18H22F3N5OS/c1-3-22-17(24-10-16-26-15(11-28-16)18(19,20)21)23-9-8-13-4-6-14(7-5-13)25-12(2)27/h4-7,11H,3,8-10H2,1-2H3,(H,25,27)(H2,22,23,24). The molecule has 1 amide bonds. The van der Waals surface area contributed by atoms with E-state index >= 15 is 0 Å². The fourth-order valence-corrected chi connectivity index (χ4v) is 3.01. The number of nitrogens with zero attached hydrogens (tertiary/aromatic N) is 2. The smallest absolute Gasteiger partial charge is 0.357 e. The number of alkyl halides is 3. The van der Waals surface area contributed by atoms with Crippen LogP contribution < -0.4 is 16.0 Å². The van der Waals surface area contributed by atoms with Crippen molar-refractivity contribution >= 4 is 28.9 Å². The van der Waals surface area contributed by atoms with E-state index in [9.17, 15) is 18.0 Å². The Kier molecular flexibility index (Phi) is 7.80. The molecule has 0 spiro atoms. The molecule has 28 heavy (non-hydrogen) atoms. The van der Waals surface area contributed by atoms with Crippen LogP contribution in [0, 0.1) is 0 Å². The van der Waals surface area contributed by atoms with Crippen molar-refractivity contribution in [2.24, 2.45) is 4.99 Å². The maximum absolute atomic E-state index is 12.6. The third-order valence-electron chi connectivity index (χ3n) is 3.54. The molecule has 10 heteroatoms. The zero-order chi connectivity index (χ0) is 20.6. The number of aromatic nitrogens is 1. The summed E-state index contributed by atoms with van der Waals surface area (Å²) in [5.74, 6) is 0.393. The van der Waals surface area contributed by atoms with Crippen molar-refractivity contribution in [2.45, 2.75) is 33.0 Å². The van der Waals surface area contributed by atoms with Crippen molar-refractivity contribution in [1.82, 2.24) is 15.6 Å². The Bertz CT molecular complexity index is 802.